The van der Waals surface area contributed by atoms with Crippen molar-refractivity contribution in [2.75, 3.05) is 44.2 Å². The topological polar surface area (TPSA) is 69.6 Å². The van der Waals surface area contributed by atoms with E-state index in [9.17, 15) is 14.0 Å². The minimum absolute atomic E-state index is 0.00878. The van der Waals surface area contributed by atoms with Crippen LogP contribution in [-0.4, -0.2) is 71.1 Å². The van der Waals surface area contributed by atoms with Gasteiger partial charge < -0.3 is 14.7 Å². The summed E-state index contributed by atoms with van der Waals surface area (Å²) in [5.41, 5.74) is 1.82. The van der Waals surface area contributed by atoms with Crippen LogP contribution in [0, 0.1) is 11.7 Å². The number of carbonyl (C=O) groups is 2. The molecule has 4 rings (SSSR count). The third-order valence-electron chi connectivity index (χ3n) is 6.20. The molecule has 2 heterocycles. The van der Waals surface area contributed by atoms with E-state index in [1.807, 2.05) is 56.3 Å². The lowest BCUT2D eigenvalue weighted by Crippen LogP contribution is -2.45. The Morgan fingerprint density at radius 1 is 0.917 bits per heavy atom. The Morgan fingerprint density at radius 2 is 1.67 bits per heavy atom. The highest BCUT2D eigenvalue weighted by Crippen LogP contribution is 2.19. The molecule has 0 N–H and O–H groups in total. The number of halogens is 1. The molecule has 2 aromatic carbocycles. The highest BCUT2D eigenvalue weighted by atomic mass is 19.1. The lowest BCUT2D eigenvalue weighted by Gasteiger charge is -2.28. The normalized spacial score (nSPS) is 14.0. The second-order valence-electron chi connectivity index (χ2n) is 9.42. The first-order chi connectivity index (χ1) is 17.4. The quantitative estimate of drug-likeness (QED) is 0.499. The van der Waals surface area contributed by atoms with Crippen LogP contribution in [0.5, 0.6) is 0 Å². The molecule has 1 saturated heterocycles. The molecule has 0 aliphatic carbocycles. The van der Waals surface area contributed by atoms with Crippen LogP contribution in [0.15, 0.2) is 66.7 Å². The van der Waals surface area contributed by atoms with Gasteiger partial charge in [-0.3, -0.25) is 9.59 Å². The summed E-state index contributed by atoms with van der Waals surface area (Å²) < 4.78 is 14.2. The molecule has 0 radical (unpaired) electrons. The molecule has 1 fully saturated rings. The fourth-order valence-electron chi connectivity index (χ4n) is 4.38. The number of rotatable bonds is 7. The van der Waals surface area contributed by atoms with Crippen molar-refractivity contribution in [1.29, 1.82) is 0 Å². The van der Waals surface area contributed by atoms with Gasteiger partial charge in [-0.05, 0) is 36.6 Å². The standard InChI is InChI=1S/C28H32FN5O2/c1-21(2)19-34(28(36)23-11-6-7-12-24(23)29)20-27(35)33-16-8-15-32(17-18-33)26-14-13-25(30-31-26)22-9-4-3-5-10-22/h3-7,9-14,21H,8,15-20H2,1-2H3. The molecular weight excluding hydrogens is 457 g/mol. The predicted octanol–water partition coefficient (Wildman–Crippen LogP) is 4.12. The molecule has 188 valence electrons. The Labute approximate surface area is 211 Å². The van der Waals surface area contributed by atoms with Crippen molar-refractivity contribution in [3.8, 4) is 11.3 Å². The molecule has 8 heteroatoms. The number of aromatic nitrogens is 2. The Balaban J connectivity index is 1.39. The highest BCUT2D eigenvalue weighted by Gasteiger charge is 2.26. The Morgan fingerprint density at radius 3 is 2.36 bits per heavy atom. The summed E-state index contributed by atoms with van der Waals surface area (Å²) >= 11 is 0. The molecule has 0 spiro atoms. The number of hydrogen-bond donors (Lipinski definition) is 0. The van der Waals surface area contributed by atoms with E-state index < -0.39 is 11.7 Å². The van der Waals surface area contributed by atoms with Gasteiger partial charge in [-0.15, -0.1) is 10.2 Å². The number of amides is 2. The van der Waals surface area contributed by atoms with Gasteiger partial charge in [-0.1, -0.05) is 56.3 Å². The minimum atomic E-state index is -0.575. The van der Waals surface area contributed by atoms with Gasteiger partial charge in [0.1, 0.15) is 12.4 Å². The van der Waals surface area contributed by atoms with Gasteiger partial charge in [0, 0.05) is 38.3 Å². The molecule has 1 aliphatic rings. The molecule has 0 saturated carbocycles. The first-order valence-corrected chi connectivity index (χ1v) is 12.4. The average molecular weight is 490 g/mol. The summed E-state index contributed by atoms with van der Waals surface area (Å²) in [5, 5.41) is 8.80. The van der Waals surface area contributed by atoms with Crippen LogP contribution >= 0.6 is 0 Å². The van der Waals surface area contributed by atoms with Crippen LogP contribution in [0.2, 0.25) is 0 Å². The molecule has 3 aromatic rings. The van der Waals surface area contributed by atoms with E-state index >= 15 is 0 Å². The van der Waals surface area contributed by atoms with E-state index in [2.05, 4.69) is 15.1 Å². The van der Waals surface area contributed by atoms with Gasteiger partial charge in [-0.2, -0.15) is 0 Å². The maximum absolute atomic E-state index is 14.2. The van der Waals surface area contributed by atoms with Gasteiger partial charge in [0.25, 0.3) is 5.91 Å². The molecule has 0 unspecified atom stereocenters. The molecule has 2 amide bonds. The fourth-order valence-corrected chi connectivity index (χ4v) is 4.38. The Hall–Kier alpha value is -3.81. The van der Waals surface area contributed by atoms with Gasteiger partial charge in [-0.25, -0.2) is 4.39 Å². The van der Waals surface area contributed by atoms with Gasteiger partial charge in [0.05, 0.1) is 11.3 Å². The number of anilines is 1. The summed E-state index contributed by atoms with van der Waals surface area (Å²) in [6.45, 7) is 6.74. The largest absolute Gasteiger partial charge is 0.353 e. The number of carbonyl (C=O) groups excluding carboxylic acids is 2. The van der Waals surface area contributed by atoms with Crippen LogP contribution in [0.3, 0.4) is 0 Å². The third-order valence-corrected chi connectivity index (χ3v) is 6.20. The third kappa shape index (κ3) is 6.24. The lowest BCUT2D eigenvalue weighted by atomic mass is 10.1. The van der Waals surface area contributed by atoms with Gasteiger partial charge in [0.2, 0.25) is 5.91 Å². The van der Waals surface area contributed by atoms with Crippen LogP contribution in [0.1, 0.15) is 30.6 Å². The van der Waals surface area contributed by atoms with Crippen LogP contribution in [0.25, 0.3) is 11.3 Å². The van der Waals surface area contributed by atoms with E-state index in [0.29, 0.717) is 26.2 Å². The monoisotopic (exact) mass is 489 g/mol. The fraction of sp³-hybridized carbons (Fsp3) is 0.357. The average Bonchev–Trinajstić information content (AvgIpc) is 3.15. The maximum atomic E-state index is 14.2. The van der Waals surface area contributed by atoms with Crippen molar-refractivity contribution in [2.24, 2.45) is 5.92 Å². The van der Waals surface area contributed by atoms with Crippen LogP contribution in [0.4, 0.5) is 10.2 Å². The lowest BCUT2D eigenvalue weighted by molar-refractivity contribution is -0.131. The van der Waals surface area contributed by atoms with E-state index in [4.69, 9.17) is 0 Å². The molecule has 1 aliphatic heterocycles. The van der Waals surface area contributed by atoms with Gasteiger partial charge >= 0.3 is 0 Å². The SMILES string of the molecule is CC(C)CN(CC(=O)N1CCCN(c2ccc(-c3ccccc3)nn2)CC1)C(=O)c1ccccc1F. The Bertz CT molecular complexity index is 1170. The Kier molecular flexibility index (Phi) is 8.25. The molecular formula is C28H32FN5O2. The first kappa shape index (κ1) is 25.3. The summed E-state index contributed by atoms with van der Waals surface area (Å²) in [4.78, 5) is 31.6. The van der Waals surface area contributed by atoms with Crippen molar-refractivity contribution in [3.63, 3.8) is 0 Å². The molecule has 7 nitrogen and oxygen atoms in total. The second kappa shape index (κ2) is 11.7. The van der Waals surface area contributed by atoms with E-state index in [1.54, 1.807) is 17.0 Å². The highest BCUT2D eigenvalue weighted by molar-refractivity contribution is 5.96. The van der Waals surface area contributed by atoms with Crippen LogP contribution in [-0.2, 0) is 4.79 Å². The number of benzene rings is 2. The summed E-state index contributed by atoms with van der Waals surface area (Å²) in [7, 11) is 0. The zero-order valence-electron chi connectivity index (χ0n) is 20.8. The summed E-state index contributed by atoms with van der Waals surface area (Å²) in [6, 6.07) is 19.7. The van der Waals surface area contributed by atoms with Crippen molar-refractivity contribution >= 4 is 17.6 Å². The molecule has 1 aromatic heterocycles. The van der Waals surface area contributed by atoms with Gasteiger partial charge in [0.15, 0.2) is 5.82 Å². The number of hydrogen-bond acceptors (Lipinski definition) is 5. The predicted molar refractivity (Wildman–Crippen MR) is 138 cm³/mol. The smallest absolute Gasteiger partial charge is 0.257 e. The summed E-state index contributed by atoms with van der Waals surface area (Å²) in [6.07, 6.45) is 0.777. The number of nitrogens with zero attached hydrogens (tertiary/aromatic N) is 5. The van der Waals surface area contributed by atoms with Crippen molar-refractivity contribution < 1.29 is 14.0 Å². The molecule has 0 atom stereocenters. The first-order valence-electron chi connectivity index (χ1n) is 12.4. The zero-order chi connectivity index (χ0) is 25.5. The molecule has 0 bridgehead atoms. The van der Waals surface area contributed by atoms with E-state index in [1.165, 1.54) is 17.0 Å². The van der Waals surface area contributed by atoms with E-state index in [-0.39, 0.29) is 23.9 Å². The maximum Gasteiger partial charge on any atom is 0.257 e. The van der Waals surface area contributed by atoms with E-state index in [0.717, 1.165) is 30.0 Å². The van der Waals surface area contributed by atoms with Crippen molar-refractivity contribution in [3.05, 3.63) is 78.1 Å². The zero-order valence-corrected chi connectivity index (χ0v) is 20.8. The summed E-state index contributed by atoms with van der Waals surface area (Å²) in [5.74, 6) is -0.243. The minimum Gasteiger partial charge on any atom is -0.353 e. The molecule has 36 heavy (non-hydrogen) atoms. The second-order valence-corrected chi connectivity index (χ2v) is 9.42. The van der Waals surface area contributed by atoms with Crippen LogP contribution < -0.4 is 4.90 Å². The van der Waals surface area contributed by atoms with Crippen molar-refractivity contribution in [2.45, 2.75) is 20.3 Å². The van der Waals surface area contributed by atoms with Crippen molar-refractivity contribution in [1.82, 2.24) is 20.0 Å².